The molecule has 10 fully saturated rings. The second-order valence-corrected chi connectivity index (χ2v) is 33.7. The van der Waals surface area contributed by atoms with Gasteiger partial charge in [-0.25, -0.2) is 4.79 Å². The molecule has 5 aliphatic carbocycles. The molecule has 36 heteroatoms. The predicted octanol–water partition coefficient (Wildman–Crippen LogP) is -3.76. The van der Waals surface area contributed by atoms with Crippen LogP contribution >= 0.6 is 0 Å². The number of benzene rings is 1. The van der Waals surface area contributed by atoms with Crippen LogP contribution in [0.4, 0.5) is 0 Å². The predicted molar refractivity (Wildman–Crippen MR) is 370 cm³/mol. The molecule has 0 amide bonds. The van der Waals surface area contributed by atoms with E-state index in [1.54, 1.807) is 18.2 Å². The fourth-order valence-electron chi connectivity index (χ4n) is 20.5. The Morgan fingerprint density at radius 1 is 0.532 bits per heavy atom. The molecule has 36 nitrogen and oxygen atoms in total. The molecule has 0 spiro atoms. The van der Waals surface area contributed by atoms with E-state index >= 15 is 4.79 Å². The zero-order valence-corrected chi connectivity index (χ0v) is 63.3. The molecule has 6 aliphatic heterocycles. The van der Waals surface area contributed by atoms with Crippen molar-refractivity contribution in [2.75, 3.05) is 47.3 Å². The molecule has 0 aromatic heterocycles. The van der Waals surface area contributed by atoms with Crippen molar-refractivity contribution in [1.82, 2.24) is 0 Å². The zero-order valence-electron chi connectivity index (χ0n) is 63.3. The lowest BCUT2D eigenvalue weighted by Crippen LogP contribution is -2.71. The molecule has 12 rings (SSSR count). The number of carbonyl (C=O) groups is 3. The van der Waals surface area contributed by atoms with Crippen LogP contribution < -0.4 is 9.47 Å². The van der Waals surface area contributed by atoms with E-state index in [4.69, 9.17) is 71.1 Å². The normalized spacial score (nSPS) is 49.2. The maximum Gasteiger partial charge on any atom is 0.331 e. The molecule has 628 valence electrons. The average Bonchev–Trinajstić information content (AvgIpc) is 0.668. The van der Waals surface area contributed by atoms with E-state index in [2.05, 4.69) is 20.8 Å². The number of aliphatic carboxylic acids is 1. The number of hydrogen-bond donors (Lipinski definition) is 18. The van der Waals surface area contributed by atoms with Crippen molar-refractivity contribution in [3.05, 3.63) is 41.5 Å². The van der Waals surface area contributed by atoms with Crippen molar-refractivity contribution < 1.29 is 177 Å². The van der Waals surface area contributed by atoms with Gasteiger partial charge in [0.05, 0.1) is 76.4 Å². The molecule has 38 unspecified atom stereocenters. The minimum Gasteiger partial charge on any atom is -0.493 e. The van der Waals surface area contributed by atoms with E-state index in [9.17, 15) is 102 Å². The van der Waals surface area contributed by atoms with Crippen molar-refractivity contribution >= 4 is 24.0 Å². The summed E-state index contributed by atoms with van der Waals surface area (Å²) < 4.78 is 89.3. The first-order chi connectivity index (χ1) is 52.3. The topological polar surface area (TPSA) is 554 Å². The third kappa shape index (κ3) is 15.2. The van der Waals surface area contributed by atoms with Crippen LogP contribution in [0, 0.1) is 50.2 Å². The second-order valence-electron chi connectivity index (χ2n) is 33.7. The highest BCUT2D eigenvalue weighted by atomic mass is 16.8. The Morgan fingerprint density at radius 3 is 1.73 bits per heavy atom. The molecular weight excluding hydrogens is 1480 g/mol. The quantitative estimate of drug-likeness (QED) is 0.0243. The molecule has 0 bridgehead atoms. The van der Waals surface area contributed by atoms with Crippen LogP contribution in [0.5, 0.6) is 11.5 Å². The van der Waals surface area contributed by atoms with Gasteiger partial charge in [-0.2, -0.15) is 0 Å². The summed E-state index contributed by atoms with van der Waals surface area (Å²) in [4.78, 5) is 43.9. The molecule has 1 aromatic carbocycles. The van der Waals surface area contributed by atoms with Gasteiger partial charge in [0, 0.05) is 11.5 Å². The molecule has 11 aliphatic rings. The van der Waals surface area contributed by atoms with Gasteiger partial charge in [-0.05, 0) is 136 Å². The lowest BCUT2D eigenvalue weighted by atomic mass is 9.33. The minimum absolute atomic E-state index is 0.0141. The van der Waals surface area contributed by atoms with E-state index < -0.39 is 285 Å². The van der Waals surface area contributed by atoms with E-state index in [-0.39, 0.29) is 32.1 Å². The first-order valence-corrected chi connectivity index (χ1v) is 38.1. The molecule has 6 saturated heterocycles. The summed E-state index contributed by atoms with van der Waals surface area (Å²) >= 11 is 0. The first-order valence-electron chi connectivity index (χ1n) is 38.1. The summed E-state index contributed by atoms with van der Waals surface area (Å²) in [6, 6.07) is 4.85. The van der Waals surface area contributed by atoms with Crippen LogP contribution in [-0.2, 0) is 76.0 Å². The lowest BCUT2D eigenvalue weighted by Gasteiger charge is -2.71. The van der Waals surface area contributed by atoms with E-state index in [0.29, 0.717) is 42.7 Å². The number of hydrogen-bond acceptors (Lipinski definition) is 35. The highest BCUT2D eigenvalue weighted by molar-refractivity contribution is 5.87. The van der Waals surface area contributed by atoms with E-state index in [1.807, 2.05) is 13.0 Å². The minimum atomic E-state index is -2.16. The molecule has 38 atom stereocenters. The SMILES string of the molecule is COc1ccc(C=CC(=O)OC2C(C)OC(OC(=O)C34CCC(C)(C)CC3C3=CCC5C6(C)CC(O)C(OC7OC(CO)C(O)C(O)C7O)C(C)(C(=O)O)C6CCC5(C)C3(CO)CC4)C(OC3OC(C)C(OC4OCC(OC5OC(CO)C(O)C(O)C5O)C(OC5OCC(O)C(O)C5O)C4O)C(O)C3O)C2O)cc1OC. The van der Waals surface area contributed by atoms with Gasteiger partial charge in [0.15, 0.2) is 55.2 Å². The Balaban J connectivity index is 0.811. The Labute approximate surface area is 640 Å². The Morgan fingerprint density at radius 2 is 1.10 bits per heavy atom. The van der Waals surface area contributed by atoms with Gasteiger partial charge in [-0.1, -0.05) is 45.4 Å². The van der Waals surface area contributed by atoms with Crippen LogP contribution in [0.1, 0.15) is 112 Å². The summed E-state index contributed by atoms with van der Waals surface area (Å²) in [5.74, 6) is -4.08. The largest absolute Gasteiger partial charge is 0.493 e. The summed E-state index contributed by atoms with van der Waals surface area (Å²) in [7, 11) is 2.89. The fraction of sp³-hybridized carbons (Fsp3) is 0.827. The van der Waals surface area contributed by atoms with Crippen LogP contribution in [0.25, 0.3) is 6.08 Å². The van der Waals surface area contributed by atoms with Crippen LogP contribution in [-0.4, -0.2) is 341 Å². The van der Waals surface area contributed by atoms with Gasteiger partial charge < -0.3 is 163 Å². The highest BCUT2D eigenvalue weighted by Gasteiger charge is 2.74. The number of methoxy groups -OCH3 is 2. The van der Waals surface area contributed by atoms with Gasteiger partial charge in [-0.15, -0.1) is 0 Å². The summed E-state index contributed by atoms with van der Waals surface area (Å²) in [5.41, 5.74) is -5.24. The number of esters is 2. The standard InChI is InChI=1S/C75H112O36/c1-30-57(107-63-56(93)59(108-62-51(88)45(82)36(80)27-99-62)41(28-100-63)105-65-52(89)48(85)46(83)39(25-76)103-65)50(87)54(91)64(101-30)109-60-55(92)58(106-44(81)15-11-32-10-13-37(97-8)38(22-32)98-9)31(2)102-67(60)111-69(96)74-19-18-70(3,4)23-34(74)33-12-14-42-71(5)24-35(79)61(110-66-53(90)49(86)47(84)40(26-77)104-66)73(7,68(94)95)43(71)16-17-72(42,6)75(33,29-78)21-20-74/h10-13,15,22,30-31,34-36,39-43,45-67,76-80,82-93H,14,16-21,23-29H2,1-9H3,(H,94,95). The third-order valence-corrected chi connectivity index (χ3v) is 26.9. The van der Waals surface area contributed by atoms with Gasteiger partial charge in [-0.3, -0.25) is 9.59 Å². The molecule has 0 radical (unpaired) electrons. The van der Waals surface area contributed by atoms with E-state index in [0.717, 1.165) is 11.6 Å². The number of allylic oxidation sites excluding steroid dienone is 1. The Hall–Kier alpha value is -4.41. The number of aliphatic hydroxyl groups excluding tert-OH is 17. The number of ether oxygens (including phenoxy) is 15. The second kappa shape index (κ2) is 33.2. The van der Waals surface area contributed by atoms with Crippen molar-refractivity contribution in [3.63, 3.8) is 0 Å². The maximum atomic E-state index is 16.1. The van der Waals surface area contributed by atoms with Crippen LogP contribution in [0.3, 0.4) is 0 Å². The summed E-state index contributed by atoms with van der Waals surface area (Å²) in [6.45, 7) is 9.24. The summed E-state index contributed by atoms with van der Waals surface area (Å²) in [6.07, 6.45) is -46.0. The van der Waals surface area contributed by atoms with Crippen LogP contribution in [0.2, 0.25) is 0 Å². The van der Waals surface area contributed by atoms with E-state index in [1.165, 1.54) is 41.1 Å². The first kappa shape index (κ1) is 85.9. The van der Waals surface area contributed by atoms with Gasteiger partial charge in [0.25, 0.3) is 0 Å². The van der Waals surface area contributed by atoms with Crippen molar-refractivity contribution in [2.24, 2.45) is 50.2 Å². The molecule has 1 aromatic rings. The number of carboxylic acids is 1. The van der Waals surface area contributed by atoms with Crippen molar-refractivity contribution in [3.8, 4) is 11.5 Å². The molecular formula is C75H112O36. The lowest BCUT2D eigenvalue weighted by molar-refractivity contribution is -0.388. The Kier molecular flexibility index (Phi) is 25.7. The zero-order chi connectivity index (χ0) is 80.8. The smallest absolute Gasteiger partial charge is 0.331 e. The number of aliphatic hydroxyl groups is 17. The van der Waals surface area contributed by atoms with Gasteiger partial charge in [0.1, 0.15) is 116 Å². The van der Waals surface area contributed by atoms with Gasteiger partial charge >= 0.3 is 17.9 Å². The number of fused-ring (bicyclic) bond motifs is 7. The Bertz CT molecular complexity index is 3470. The fourth-order valence-corrected chi connectivity index (χ4v) is 20.5. The van der Waals surface area contributed by atoms with Crippen molar-refractivity contribution in [1.29, 1.82) is 0 Å². The van der Waals surface area contributed by atoms with Gasteiger partial charge in [0.2, 0.25) is 6.29 Å². The van der Waals surface area contributed by atoms with Crippen LogP contribution in [0.15, 0.2) is 35.9 Å². The third-order valence-electron chi connectivity index (χ3n) is 26.9. The average molecular weight is 1590 g/mol. The molecule has 4 saturated carbocycles. The van der Waals surface area contributed by atoms with Crippen molar-refractivity contribution in [2.45, 2.75) is 290 Å². The number of rotatable bonds is 21. The molecule has 18 N–H and O–H groups in total. The monoisotopic (exact) mass is 1590 g/mol. The number of carbonyl (C=O) groups excluding carboxylic acids is 2. The summed E-state index contributed by atoms with van der Waals surface area (Å²) in [5, 5.41) is 201. The molecule has 6 heterocycles. The highest BCUT2D eigenvalue weighted by Crippen LogP contribution is 2.76. The maximum absolute atomic E-state index is 16.1. The number of carboxylic acid groups (broad SMARTS) is 1. The molecule has 111 heavy (non-hydrogen) atoms.